The second-order valence-corrected chi connectivity index (χ2v) is 7.23. The van der Waals surface area contributed by atoms with E-state index in [4.69, 9.17) is 15.2 Å². The first-order chi connectivity index (χ1) is 12.2. The Morgan fingerprint density at radius 3 is 2.58 bits per heavy atom. The highest BCUT2D eigenvalue weighted by molar-refractivity contribution is 14.0. The number of fused-ring (bicyclic) bond motifs is 1. The number of rotatable bonds is 3. The minimum Gasteiger partial charge on any atom is -0.490 e. The van der Waals surface area contributed by atoms with Crippen LogP contribution in [0.1, 0.15) is 24.3 Å². The lowest BCUT2D eigenvalue weighted by atomic mass is 10.1. The van der Waals surface area contributed by atoms with E-state index >= 15 is 0 Å². The summed E-state index contributed by atoms with van der Waals surface area (Å²) in [6, 6.07) is 14.4. The zero-order chi connectivity index (χ0) is 17.2. The Bertz CT molecular complexity index is 798. The maximum atomic E-state index is 6.08. The predicted molar refractivity (Wildman–Crippen MR) is 118 cm³/mol. The summed E-state index contributed by atoms with van der Waals surface area (Å²) in [4.78, 5) is 4.59. The molecule has 0 aromatic heterocycles. The highest BCUT2D eigenvalue weighted by atomic mass is 127. The summed E-state index contributed by atoms with van der Waals surface area (Å²) in [5.41, 5.74) is 8.24. The van der Waals surface area contributed by atoms with E-state index in [1.165, 1.54) is 5.56 Å². The number of nitrogens with two attached hydrogens (primary N) is 1. The molecule has 2 aromatic rings. The number of guanidine groups is 1. The molecule has 1 fully saturated rings. The molecule has 0 bridgehead atoms. The Kier molecular flexibility index (Phi) is 6.29. The van der Waals surface area contributed by atoms with Gasteiger partial charge in [-0.25, -0.2) is 4.99 Å². The molecule has 0 radical (unpaired) electrons. The maximum Gasteiger partial charge on any atom is 0.193 e. The summed E-state index contributed by atoms with van der Waals surface area (Å²) in [5.74, 6) is 2.40. The van der Waals surface area contributed by atoms with Gasteiger partial charge in [-0.1, -0.05) is 28.1 Å². The number of nitrogens with zero attached hydrogens (tertiary/aromatic N) is 1. The Labute approximate surface area is 178 Å². The largest absolute Gasteiger partial charge is 0.490 e. The maximum absolute atomic E-state index is 6.08. The van der Waals surface area contributed by atoms with Crippen molar-refractivity contribution in [3.05, 3.63) is 52.5 Å². The van der Waals surface area contributed by atoms with Crippen molar-refractivity contribution in [2.75, 3.05) is 18.5 Å². The van der Waals surface area contributed by atoms with Crippen molar-refractivity contribution in [2.45, 2.75) is 24.8 Å². The van der Waals surface area contributed by atoms with Crippen LogP contribution in [-0.2, 0) is 0 Å². The van der Waals surface area contributed by atoms with Gasteiger partial charge in [0.15, 0.2) is 17.5 Å². The smallest absolute Gasteiger partial charge is 0.193 e. The van der Waals surface area contributed by atoms with Crippen LogP contribution < -0.4 is 20.5 Å². The molecule has 0 saturated heterocycles. The third-order valence-electron chi connectivity index (χ3n) is 4.38. The molecule has 2 atom stereocenters. The van der Waals surface area contributed by atoms with E-state index in [-0.39, 0.29) is 30.0 Å². The number of aliphatic imine (C=N–C) groups is 1. The first-order valence-electron chi connectivity index (χ1n) is 8.44. The third-order valence-corrected chi connectivity index (χ3v) is 4.91. The molecule has 138 valence electrons. The van der Waals surface area contributed by atoms with Gasteiger partial charge in [-0.2, -0.15) is 0 Å². The second-order valence-electron chi connectivity index (χ2n) is 6.31. The average molecular weight is 530 g/mol. The number of hydrogen-bond acceptors (Lipinski definition) is 3. The molecule has 2 aliphatic rings. The molecule has 1 aliphatic carbocycles. The second kappa shape index (κ2) is 8.47. The van der Waals surface area contributed by atoms with Gasteiger partial charge in [0.25, 0.3) is 0 Å². The van der Waals surface area contributed by atoms with Gasteiger partial charge in [0.2, 0.25) is 0 Å². The molecule has 5 nitrogen and oxygen atoms in total. The summed E-state index contributed by atoms with van der Waals surface area (Å²) in [5, 5.41) is 3.15. The fourth-order valence-corrected chi connectivity index (χ4v) is 3.26. The molecule has 2 aromatic carbocycles. The van der Waals surface area contributed by atoms with Crippen molar-refractivity contribution in [3.63, 3.8) is 0 Å². The lowest BCUT2D eigenvalue weighted by molar-refractivity contribution is 0.297. The minimum atomic E-state index is 0. The number of benzene rings is 2. The highest BCUT2D eigenvalue weighted by Gasteiger charge is 2.38. The van der Waals surface area contributed by atoms with E-state index in [2.05, 4.69) is 50.5 Å². The highest BCUT2D eigenvalue weighted by Crippen LogP contribution is 2.43. The van der Waals surface area contributed by atoms with Crippen LogP contribution in [0.15, 0.2) is 51.9 Å². The molecule has 3 N–H and O–H groups in total. The molecule has 7 heteroatoms. The molecule has 1 saturated carbocycles. The molecule has 0 amide bonds. The van der Waals surface area contributed by atoms with Crippen LogP contribution in [0, 0.1) is 0 Å². The average Bonchev–Trinajstić information content (AvgIpc) is 3.38. The van der Waals surface area contributed by atoms with Crippen molar-refractivity contribution in [1.82, 2.24) is 0 Å². The molecule has 1 heterocycles. The normalized spacial score (nSPS) is 21.3. The molecular weight excluding hydrogens is 509 g/mol. The molecule has 0 spiro atoms. The van der Waals surface area contributed by atoms with E-state index < -0.39 is 0 Å². The predicted octanol–water partition coefficient (Wildman–Crippen LogP) is 4.51. The first-order valence-corrected chi connectivity index (χ1v) is 9.24. The van der Waals surface area contributed by atoms with Crippen LogP contribution in [0.2, 0.25) is 0 Å². The molecule has 26 heavy (non-hydrogen) atoms. The van der Waals surface area contributed by atoms with Gasteiger partial charge >= 0.3 is 0 Å². The molecule has 2 unspecified atom stereocenters. The van der Waals surface area contributed by atoms with Gasteiger partial charge in [0.1, 0.15) is 0 Å². The first kappa shape index (κ1) is 19.3. The van der Waals surface area contributed by atoms with Gasteiger partial charge in [-0.05, 0) is 36.2 Å². The van der Waals surface area contributed by atoms with E-state index in [9.17, 15) is 0 Å². The number of halogens is 2. The van der Waals surface area contributed by atoms with E-state index in [1.807, 2.05) is 18.2 Å². The Balaban J connectivity index is 0.00000196. The van der Waals surface area contributed by atoms with Crippen molar-refractivity contribution in [3.8, 4) is 11.5 Å². The van der Waals surface area contributed by atoms with E-state index in [1.54, 1.807) is 0 Å². The molecule has 4 rings (SSSR count). The van der Waals surface area contributed by atoms with Gasteiger partial charge in [-0.3, -0.25) is 0 Å². The summed E-state index contributed by atoms with van der Waals surface area (Å²) >= 11 is 3.46. The number of anilines is 1. The summed E-state index contributed by atoms with van der Waals surface area (Å²) < 4.78 is 12.4. The van der Waals surface area contributed by atoms with Crippen LogP contribution in [0.5, 0.6) is 11.5 Å². The van der Waals surface area contributed by atoms with Crippen LogP contribution in [0.3, 0.4) is 0 Å². The van der Waals surface area contributed by atoms with Gasteiger partial charge in [-0.15, -0.1) is 24.0 Å². The lowest BCUT2D eigenvalue weighted by Gasteiger charge is -2.10. The fourth-order valence-electron chi connectivity index (χ4n) is 2.99. The van der Waals surface area contributed by atoms with Crippen molar-refractivity contribution in [2.24, 2.45) is 10.7 Å². The summed E-state index contributed by atoms with van der Waals surface area (Å²) in [7, 11) is 0. The third kappa shape index (κ3) is 4.62. The number of nitrogens with one attached hydrogen (secondary N) is 1. The zero-order valence-electron chi connectivity index (χ0n) is 14.2. The number of ether oxygens (including phenoxy) is 2. The monoisotopic (exact) mass is 529 g/mol. The van der Waals surface area contributed by atoms with Crippen LogP contribution in [-0.4, -0.2) is 25.2 Å². The number of hydrogen-bond donors (Lipinski definition) is 2. The van der Waals surface area contributed by atoms with Crippen LogP contribution in [0.25, 0.3) is 0 Å². The standard InChI is InChI=1S/C19H20BrN3O2.HI/c20-13-4-2-12(3-5-13)15-11-16(15)23-19(21)22-14-6-7-17-18(10-14)25-9-1-8-24-17;/h2-7,10,15-16H,1,8-9,11H2,(H3,21,22,23);1H. The Morgan fingerprint density at radius 2 is 1.81 bits per heavy atom. The fraction of sp³-hybridized carbons (Fsp3) is 0.316. The van der Waals surface area contributed by atoms with Gasteiger partial charge in [0, 0.05) is 28.6 Å². The Hall–Kier alpha value is -1.48. The van der Waals surface area contributed by atoms with E-state index in [0.29, 0.717) is 25.1 Å². The molecule has 1 aliphatic heterocycles. The zero-order valence-corrected chi connectivity index (χ0v) is 18.1. The topological polar surface area (TPSA) is 68.9 Å². The van der Waals surface area contributed by atoms with Crippen molar-refractivity contribution < 1.29 is 9.47 Å². The summed E-state index contributed by atoms with van der Waals surface area (Å²) in [6.45, 7) is 1.35. The molecular formula is C19H21BrIN3O2. The quantitative estimate of drug-likeness (QED) is 0.349. The van der Waals surface area contributed by atoms with Crippen LogP contribution >= 0.6 is 39.9 Å². The van der Waals surface area contributed by atoms with Crippen molar-refractivity contribution >= 4 is 51.6 Å². The van der Waals surface area contributed by atoms with Gasteiger partial charge < -0.3 is 20.5 Å². The Morgan fingerprint density at radius 1 is 1.08 bits per heavy atom. The van der Waals surface area contributed by atoms with E-state index in [0.717, 1.165) is 34.5 Å². The SMILES string of the molecule is I.NC(=NC1CC1c1ccc(Br)cc1)Nc1ccc2c(c1)OCCCO2. The van der Waals surface area contributed by atoms with Crippen LogP contribution in [0.4, 0.5) is 5.69 Å². The van der Waals surface area contributed by atoms with Crippen molar-refractivity contribution in [1.29, 1.82) is 0 Å². The minimum absolute atomic E-state index is 0. The lowest BCUT2D eigenvalue weighted by Crippen LogP contribution is -2.23. The van der Waals surface area contributed by atoms with Gasteiger partial charge in [0.05, 0.1) is 19.3 Å². The summed E-state index contributed by atoms with van der Waals surface area (Å²) in [6.07, 6.45) is 1.92.